The number of benzene rings is 1. The second kappa shape index (κ2) is 9.46. The van der Waals surface area contributed by atoms with Crippen LogP contribution in [0.5, 0.6) is 11.5 Å². The van der Waals surface area contributed by atoms with Gasteiger partial charge in [0, 0.05) is 10.9 Å². The van der Waals surface area contributed by atoms with Crippen LogP contribution in [0.4, 0.5) is 5.00 Å². The van der Waals surface area contributed by atoms with Gasteiger partial charge >= 0.3 is 0 Å². The summed E-state index contributed by atoms with van der Waals surface area (Å²) in [6.45, 7) is 6.72. The highest BCUT2D eigenvalue weighted by atomic mass is 32.1. The molecule has 7 nitrogen and oxygen atoms in total. The van der Waals surface area contributed by atoms with Gasteiger partial charge in [-0.15, -0.1) is 11.3 Å². The molecule has 0 saturated carbocycles. The third kappa shape index (κ3) is 5.05. The minimum Gasteiger partial charge on any atom is -0.497 e. The molecule has 0 spiro atoms. The smallest absolute Gasteiger partial charge is 0.261 e. The average molecular weight is 476 g/mol. The zero-order chi connectivity index (χ0) is 23.6. The van der Waals surface area contributed by atoms with Crippen LogP contribution < -0.4 is 25.8 Å². The first kappa shape index (κ1) is 24.0. The molecule has 1 heterocycles. The molecule has 0 bridgehead atoms. The first-order valence-electron chi connectivity index (χ1n) is 10.3. The van der Waals surface area contributed by atoms with Crippen LogP contribution >= 0.6 is 23.6 Å². The van der Waals surface area contributed by atoms with Gasteiger partial charge in [-0.2, -0.15) is 0 Å². The van der Waals surface area contributed by atoms with E-state index < -0.39 is 11.8 Å². The molecular weight excluding hydrogens is 446 g/mol. The van der Waals surface area contributed by atoms with Gasteiger partial charge in [-0.1, -0.05) is 20.8 Å². The minimum atomic E-state index is -0.495. The van der Waals surface area contributed by atoms with Crippen LogP contribution in [0.15, 0.2) is 18.2 Å². The predicted molar refractivity (Wildman–Crippen MR) is 131 cm³/mol. The van der Waals surface area contributed by atoms with E-state index in [0.29, 0.717) is 33.5 Å². The van der Waals surface area contributed by atoms with Gasteiger partial charge in [-0.3, -0.25) is 14.9 Å². The first-order valence-corrected chi connectivity index (χ1v) is 11.6. The van der Waals surface area contributed by atoms with Crippen molar-refractivity contribution in [1.82, 2.24) is 5.32 Å². The van der Waals surface area contributed by atoms with Crippen molar-refractivity contribution >= 4 is 45.5 Å². The predicted octanol–water partition coefficient (Wildman–Crippen LogP) is 4.14. The number of nitrogens with one attached hydrogen (secondary N) is 2. The Morgan fingerprint density at radius 1 is 1.22 bits per heavy atom. The third-order valence-electron chi connectivity index (χ3n) is 5.84. The second-order valence-corrected chi connectivity index (χ2v) is 10.4. The zero-order valence-electron chi connectivity index (χ0n) is 19.0. The molecule has 0 aliphatic heterocycles. The highest BCUT2D eigenvalue weighted by molar-refractivity contribution is 7.80. The summed E-state index contributed by atoms with van der Waals surface area (Å²) in [5, 5.41) is 6.32. The lowest BCUT2D eigenvalue weighted by molar-refractivity contribution is 0.0972. The van der Waals surface area contributed by atoms with Gasteiger partial charge in [-0.25, -0.2) is 0 Å². The van der Waals surface area contributed by atoms with Crippen molar-refractivity contribution in [3.05, 3.63) is 39.8 Å². The number of thiocarbonyl (C=S) groups is 1. The number of anilines is 1. The van der Waals surface area contributed by atoms with E-state index >= 15 is 0 Å². The summed E-state index contributed by atoms with van der Waals surface area (Å²) in [6, 6.07) is 4.88. The normalized spacial score (nSPS) is 15.5. The molecule has 1 aromatic carbocycles. The highest BCUT2D eigenvalue weighted by Gasteiger charge is 2.33. The maximum atomic E-state index is 12.7. The average Bonchev–Trinajstić information content (AvgIpc) is 3.09. The largest absolute Gasteiger partial charge is 0.497 e. The number of ether oxygens (including phenoxy) is 2. The minimum absolute atomic E-state index is 0.0846. The summed E-state index contributed by atoms with van der Waals surface area (Å²) in [4.78, 5) is 26.1. The summed E-state index contributed by atoms with van der Waals surface area (Å²) in [6.07, 6.45) is 2.70. The summed E-state index contributed by atoms with van der Waals surface area (Å²) in [7, 11) is 3.01. The molecule has 0 fully saturated rings. The van der Waals surface area contributed by atoms with Gasteiger partial charge in [0.15, 0.2) is 5.11 Å². The fraction of sp³-hybridized carbons (Fsp3) is 0.435. The number of rotatable bonds is 5. The lowest BCUT2D eigenvalue weighted by Crippen LogP contribution is -2.34. The van der Waals surface area contributed by atoms with Crippen molar-refractivity contribution in [3.8, 4) is 11.5 Å². The van der Waals surface area contributed by atoms with Gasteiger partial charge < -0.3 is 20.5 Å². The molecule has 0 radical (unpaired) electrons. The fourth-order valence-corrected chi connectivity index (χ4v) is 5.56. The second-order valence-electron chi connectivity index (χ2n) is 8.85. The lowest BCUT2D eigenvalue weighted by Gasteiger charge is -2.33. The molecule has 3 rings (SSSR count). The van der Waals surface area contributed by atoms with E-state index in [-0.39, 0.29) is 10.5 Å². The van der Waals surface area contributed by atoms with Crippen LogP contribution in [0.2, 0.25) is 0 Å². The number of fused-ring (bicyclic) bond motifs is 1. The quantitative estimate of drug-likeness (QED) is 0.562. The molecular formula is C23H29N3O4S2. The Hall–Kier alpha value is -2.65. The number of carbonyl (C=O) groups is 2. The van der Waals surface area contributed by atoms with E-state index in [9.17, 15) is 9.59 Å². The molecule has 0 unspecified atom stereocenters. The van der Waals surface area contributed by atoms with E-state index in [2.05, 4.69) is 31.4 Å². The Balaban J connectivity index is 1.79. The van der Waals surface area contributed by atoms with Gasteiger partial charge in [0.25, 0.3) is 11.8 Å². The number of hydrogen-bond acceptors (Lipinski definition) is 6. The molecule has 1 aliphatic carbocycles. The molecule has 32 heavy (non-hydrogen) atoms. The molecule has 9 heteroatoms. The Kier molecular flexibility index (Phi) is 7.09. The number of carbonyl (C=O) groups excluding carboxylic acids is 2. The van der Waals surface area contributed by atoms with Gasteiger partial charge in [0.2, 0.25) is 0 Å². The van der Waals surface area contributed by atoms with Crippen molar-refractivity contribution in [2.24, 2.45) is 17.1 Å². The topological polar surface area (TPSA) is 103 Å². The Morgan fingerprint density at radius 2 is 1.94 bits per heavy atom. The summed E-state index contributed by atoms with van der Waals surface area (Å²) >= 11 is 6.84. The SMILES string of the molecule is COc1ccc(C(=O)NC(=S)Nc2sc3c(c2C(N)=O)CC[C@@H](C(C)(C)C)C3)c(OC)c1. The number of methoxy groups -OCH3 is 2. The van der Waals surface area contributed by atoms with Crippen molar-refractivity contribution in [3.63, 3.8) is 0 Å². The van der Waals surface area contributed by atoms with Crippen molar-refractivity contribution in [2.45, 2.75) is 40.0 Å². The molecule has 1 aromatic heterocycles. The van der Waals surface area contributed by atoms with Crippen LogP contribution in [0.1, 0.15) is 58.3 Å². The maximum absolute atomic E-state index is 12.7. The first-order chi connectivity index (χ1) is 15.0. The number of nitrogens with two attached hydrogens (primary N) is 1. The zero-order valence-corrected chi connectivity index (χ0v) is 20.6. The molecule has 1 atom stereocenters. The maximum Gasteiger partial charge on any atom is 0.261 e. The molecule has 1 aliphatic rings. The molecule has 2 amide bonds. The summed E-state index contributed by atoms with van der Waals surface area (Å²) in [5.74, 6) is 0.531. The van der Waals surface area contributed by atoms with Crippen molar-refractivity contribution in [1.29, 1.82) is 0 Å². The van der Waals surface area contributed by atoms with Crippen LogP contribution in [0.3, 0.4) is 0 Å². The van der Waals surface area contributed by atoms with Crippen LogP contribution in [-0.2, 0) is 12.8 Å². The van der Waals surface area contributed by atoms with Crippen LogP contribution in [-0.4, -0.2) is 31.1 Å². The van der Waals surface area contributed by atoms with E-state index in [4.69, 9.17) is 27.4 Å². The van der Waals surface area contributed by atoms with Crippen molar-refractivity contribution < 1.29 is 19.1 Å². The molecule has 4 N–H and O–H groups in total. The molecule has 0 saturated heterocycles. The third-order valence-corrected chi connectivity index (χ3v) is 7.22. The summed E-state index contributed by atoms with van der Waals surface area (Å²) in [5.41, 5.74) is 7.67. The van der Waals surface area contributed by atoms with Gasteiger partial charge in [0.05, 0.1) is 25.3 Å². The van der Waals surface area contributed by atoms with E-state index in [0.717, 1.165) is 29.7 Å². The van der Waals surface area contributed by atoms with E-state index in [1.165, 1.54) is 25.6 Å². The van der Waals surface area contributed by atoms with Gasteiger partial charge in [0.1, 0.15) is 16.5 Å². The lowest BCUT2D eigenvalue weighted by atomic mass is 9.72. The Labute approximate surface area is 197 Å². The summed E-state index contributed by atoms with van der Waals surface area (Å²) < 4.78 is 10.5. The van der Waals surface area contributed by atoms with E-state index in [1.54, 1.807) is 18.2 Å². The monoisotopic (exact) mass is 475 g/mol. The molecule has 172 valence electrons. The Morgan fingerprint density at radius 3 is 2.53 bits per heavy atom. The van der Waals surface area contributed by atoms with Crippen LogP contribution in [0, 0.1) is 11.3 Å². The van der Waals surface area contributed by atoms with E-state index in [1.807, 2.05) is 0 Å². The standard InChI is InChI=1S/C23H29N3O4S2/c1-23(2,3)12-6-8-15-17(10-12)32-21(18(15)19(24)27)26-22(31)25-20(28)14-9-7-13(29-4)11-16(14)30-5/h7,9,11-12H,6,8,10H2,1-5H3,(H2,24,27)(H2,25,26,28,31)/t12-/m1/s1. The molecule has 2 aromatic rings. The fourth-order valence-electron chi connectivity index (χ4n) is 3.96. The van der Waals surface area contributed by atoms with Crippen LogP contribution in [0.25, 0.3) is 0 Å². The highest BCUT2D eigenvalue weighted by Crippen LogP contribution is 2.44. The number of thiophene rings is 1. The number of hydrogen-bond donors (Lipinski definition) is 3. The Bertz CT molecular complexity index is 1060. The van der Waals surface area contributed by atoms with Crippen molar-refractivity contribution in [2.75, 3.05) is 19.5 Å². The number of primary amides is 1. The van der Waals surface area contributed by atoms with Gasteiger partial charge in [-0.05, 0) is 60.5 Å². The number of amides is 2.